The number of anilines is 6. The van der Waals surface area contributed by atoms with Gasteiger partial charge in [0.05, 0.1) is 37.1 Å². The van der Waals surface area contributed by atoms with Crippen molar-refractivity contribution in [2.24, 2.45) is 0 Å². The van der Waals surface area contributed by atoms with Crippen LogP contribution in [0.1, 0.15) is 5.56 Å². The van der Waals surface area contributed by atoms with Crippen LogP contribution in [0.4, 0.5) is 34.5 Å². The van der Waals surface area contributed by atoms with Gasteiger partial charge in [0.2, 0.25) is 5.95 Å². The molecule has 0 atom stereocenters. The Labute approximate surface area is 211 Å². The fourth-order valence-electron chi connectivity index (χ4n) is 4.56. The van der Waals surface area contributed by atoms with Crippen LogP contribution in [0.25, 0.3) is 0 Å². The van der Waals surface area contributed by atoms with Crippen LogP contribution in [-0.2, 0) is 9.47 Å². The zero-order chi connectivity index (χ0) is 24.2. The summed E-state index contributed by atoms with van der Waals surface area (Å²) in [6.07, 6.45) is 1.77. The van der Waals surface area contributed by atoms with E-state index in [2.05, 4.69) is 38.3 Å². The van der Waals surface area contributed by atoms with Gasteiger partial charge in [0, 0.05) is 56.5 Å². The molecule has 184 valence electrons. The second kappa shape index (κ2) is 10.7. The molecule has 0 aliphatic carbocycles. The van der Waals surface area contributed by atoms with E-state index in [1.807, 2.05) is 43.1 Å². The number of aromatic nitrogens is 2. The standard InChI is InChI=1S/C26H31ClN6O2/c1-19-4-3-5-23(27)25(19)31(2)24-6-7-28-26(30-24)29-20-16-21(32-8-12-34-13-9-32)18-22(17-20)33-10-14-35-15-11-33/h3-7,16-18H,8-15H2,1-2H3,(H,28,29,30). The Hall–Kier alpha value is -3.07. The average Bonchev–Trinajstić information content (AvgIpc) is 2.89. The summed E-state index contributed by atoms with van der Waals surface area (Å²) in [5.41, 5.74) is 5.30. The minimum atomic E-state index is 0.533. The number of hydrogen-bond donors (Lipinski definition) is 1. The number of benzene rings is 2. The molecule has 0 saturated carbocycles. The van der Waals surface area contributed by atoms with E-state index in [9.17, 15) is 0 Å². The van der Waals surface area contributed by atoms with Gasteiger partial charge in [0.15, 0.2) is 0 Å². The monoisotopic (exact) mass is 494 g/mol. The van der Waals surface area contributed by atoms with Gasteiger partial charge in [-0.1, -0.05) is 23.7 Å². The predicted octanol–water partition coefficient (Wildman–Crippen LogP) is 4.62. The summed E-state index contributed by atoms with van der Waals surface area (Å²) in [4.78, 5) is 16.0. The molecule has 3 aromatic rings. The molecule has 0 unspecified atom stereocenters. The highest BCUT2D eigenvalue weighted by Crippen LogP contribution is 2.34. The van der Waals surface area contributed by atoms with Crippen molar-refractivity contribution in [3.8, 4) is 0 Å². The van der Waals surface area contributed by atoms with Gasteiger partial charge in [-0.05, 0) is 42.8 Å². The predicted molar refractivity (Wildman–Crippen MR) is 142 cm³/mol. The lowest BCUT2D eigenvalue weighted by molar-refractivity contribution is 0.122. The molecule has 9 heteroatoms. The Morgan fingerprint density at radius 3 is 2.14 bits per heavy atom. The molecule has 2 aliphatic heterocycles. The van der Waals surface area contributed by atoms with E-state index in [4.69, 9.17) is 26.1 Å². The van der Waals surface area contributed by atoms with Gasteiger partial charge < -0.3 is 29.5 Å². The second-order valence-electron chi connectivity index (χ2n) is 8.76. The molecule has 0 bridgehead atoms. The van der Waals surface area contributed by atoms with E-state index in [1.54, 1.807) is 6.20 Å². The first-order chi connectivity index (χ1) is 17.1. The van der Waals surface area contributed by atoms with Crippen LogP contribution >= 0.6 is 11.6 Å². The van der Waals surface area contributed by atoms with Gasteiger partial charge in [0.1, 0.15) is 5.82 Å². The maximum atomic E-state index is 6.50. The number of rotatable bonds is 6. The zero-order valence-electron chi connectivity index (χ0n) is 20.2. The second-order valence-corrected chi connectivity index (χ2v) is 9.17. The lowest BCUT2D eigenvalue weighted by Crippen LogP contribution is -2.38. The van der Waals surface area contributed by atoms with Crippen LogP contribution in [0, 0.1) is 6.92 Å². The maximum Gasteiger partial charge on any atom is 0.229 e. The highest BCUT2D eigenvalue weighted by molar-refractivity contribution is 6.33. The summed E-state index contributed by atoms with van der Waals surface area (Å²) in [7, 11) is 1.97. The molecule has 35 heavy (non-hydrogen) atoms. The van der Waals surface area contributed by atoms with Gasteiger partial charge in [-0.15, -0.1) is 0 Å². The first kappa shape index (κ1) is 23.7. The van der Waals surface area contributed by atoms with Crippen molar-refractivity contribution in [1.29, 1.82) is 0 Å². The summed E-state index contributed by atoms with van der Waals surface area (Å²) in [5, 5.41) is 4.13. The number of halogens is 1. The Morgan fingerprint density at radius 2 is 1.54 bits per heavy atom. The van der Waals surface area contributed by atoms with Crippen molar-refractivity contribution < 1.29 is 9.47 Å². The largest absolute Gasteiger partial charge is 0.378 e. The van der Waals surface area contributed by atoms with E-state index >= 15 is 0 Å². The third-order valence-corrected chi connectivity index (χ3v) is 6.72. The number of hydrogen-bond acceptors (Lipinski definition) is 8. The van der Waals surface area contributed by atoms with Crippen LogP contribution in [0.3, 0.4) is 0 Å². The molecule has 0 amide bonds. The summed E-state index contributed by atoms with van der Waals surface area (Å²) in [6.45, 7) is 8.50. The lowest BCUT2D eigenvalue weighted by atomic mass is 10.2. The highest BCUT2D eigenvalue weighted by atomic mass is 35.5. The molecule has 0 spiro atoms. The van der Waals surface area contributed by atoms with Gasteiger partial charge >= 0.3 is 0 Å². The normalized spacial score (nSPS) is 16.3. The number of ether oxygens (including phenoxy) is 2. The molecular formula is C26H31ClN6O2. The van der Waals surface area contributed by atoms with Crippen LogP contribution in [-0.4, -0.2) is 69.6 Å². The molecule has 1 aromatic heterocycles. The Morgan fingerprint density at radius 1 is 0.914 bits per heavy atom. The molecule has 1 N–H and O–H groups in total. The lowest BCUT2D eigenvalue weighted by Gasteiger charge is -2.33. The molecule has 2 aliphatic rings. The third-order valence-electron chi connectivity index (χ3n) is 6.42. The van der Waals surface area contributed by atoms with E-state index in [0.717, 1.165) is 75.4 Å². The summed E-state index contributed by atoms with van der Waals surface area (Å²) >= 11 is 6.50. The zero-order valence-corrected chi connectivity index (χ0v) is 21.0. The summed E-state index contributed by atoms with van der Waals surface area (Å²) in [6, 6.07) is 14.4. The number of nitrogens with one attached hydrogen (secondary N) is 1. The molecule has 2 aromatic carbocycles. The van der Waals surface area contributed by atoms with Gasteiger partial charge in [-0.2, -0.15) is 4.98 Å². The minimum absolute atomic E-state index is 0.533. The van der Waals surface area contributed by atoms with Crippen LogP contribution in [0.5, 0.6) is 0 Å². The molecular weight excluding hydrogens is 464 g/mol. The SMILES string of the molecule is Cc1cccc(Cl)c1N(C)c1ccnc(Nc2cc(N3CCOCC3)cc(N3CCOCC3)c2)n1. The molecule has 2 saturated heterocycles. The number of morpholine rings is 2. The van der Waals surface area contributed by atoms with Crippen molar-refractivity contribution >= 4 is 46.1 Å². The van der Waals surface area contributed by atoms with Crippen molar-refractivity contribution in [1.82, 2.24) is 9.97 Å². The highest BCUT2D eigenvalue weighted by Gasteiger charge is 2.18. The quantitative estimate of drug-likeness (QED) is 0.532. The van der Waals surface area contributed by atoms with Crippen molar-refractivity contribution in [2.75, 3.05) is 79.7 Å². The molecule has 0 radical (unpaired) electrons. The smallest absolute Gasteiger partial charge is 0.229 e. The first-order valence-corrected chi connectivity index (χ1v) is 12.4. The first-order valence-electron chi connectivity index (χ1n) is 12.0. The number of para-hydroxylation sites is 1. The fourth-order valence-corrected chi connectivity index (χ4v) is 4.91. The summed E-state index contributed by atoms with van der Waals surface area (Å²) in [5.74, 6) is 1.29. The summed E-state index contributed by atoms with van der Waals surface area (Å²) < 4.78 is 11.1. The molecule has 2 fully saturated rings. The minimum Gasteiger partial charge on any atom is -0.378 e. The van der Waals surface area contributed by atoms with Crippen molar-refractivity contribution in [2.45, 2.75) is 6.92 Å². The number of nitrogens with zero attached hydrogens (tertiary/aromatic N) is 5. The van der Waals surface area contributed by atoms with Crippen LogP contribution < -0.4 is 20.0 Å². The molecule has 8 nitrogen and oxygen atoms in total. The van der Waals surface area contributed by atoms with Gasteiger partial charge in [0.25, 0.3) is 0 Å². The van der Waals surface area contributed by atoms with Crippen LogP contribution in [0.2, 0.25) is 5.02 Å². The van der Waals surface area contributed by atoms with E-state index in [1.165, 1.54) is 11.4 Å². The van der Waals surface area contributed by atoms with Crippen molar-refractivity contribution in [3.05, 3.63) is 59.2 Å². The van der Waals surface area contributed by atoms with E-state index in [0.29, 0.717) is 11.0 Å². The third kappa shape index (κ3) is 5.45. The Kier molecular flexibility index (Phi) is 7.22. The van der Waals surface area contributed by atoms with E-state index < -0.39 is 0 Å². The van der Waals surface area contributed by atoms with Gasteiger partial charge in [-0.3, -0.25) is 0 Å². The Balaban J connectivity index is 1.44. The fraction of sp³-hybridized carbons (Fsp3) is 0.385. The number of aryl methyl sites for hydroxylation is 1. The average molecular weight is 495 g/mol. The molecule has 3 heterocycles. The topological polar surface area (TPSA) is 66.0 Å². The van der Waals surface area contributed by atoms with Crippen molar-refractivity contribution in [3.63, 3.8) is 0 Å². The van der Waals surface area contributed by atoms with Gasteiger partial charge in [-0.25, -0.2) is 4.98 Å². The van der Waals surface area contributed by atoms with E-state index in [-0.39, 0.29) is 0 Å². The molecule has 5 rings (SSSR count). The van der Waals surface area contributed by atoms with Crippen LogP contribution in [0.15, 0.2) is 48.7 Å². The Bertz CT molecular complexity index is 1110. The maximum absolute atomic E-state index is 6.50.